The summed E-state index contributed by atoms with van der Waals surface area (Å²) in [6.45, 7) is 1.68. The molecule has 6 nitrogen and oxygen atoms in total. The Morgan fingerprint density at radius 3 is 2.46 bits per heavy atom. The van der Waals surface area contributed by atoms with Crippen LogP contribution in [0.3, 0.4) is 0 Å². The fourth-order valence-electron chi connectivity index (χ4n) is 4.23. The zero-order chi connectivity index (χ0) is 28.0. The van der Waals surface area contributed by atoms with E-state index >= 15 is 0 Å². The van der Waals surface area contributed by atoms with Gasteiger partial charge in [0.1, 0.15) is 0 Å². The smallest absolute Gasteiger partial charge is 0.372 e. The van der Waals surface area contributed by atoms with Gasteiger partial charge in [-0.3, -0.25) is 9.59 Å². The lowest BCUT2D eigenvalue weighted by molar-refractivity contribution is -0.137. The molecule has 39 heavy (non-hydrogen) atoms. The molecule has 11 heteroatoms. The summed E-state index contributed by atoms with van der Waals surface area (Å²) >= 11 is 11.6. The molecule has 4 rings (SSSR count). The first-order valence-corrected chi connectivity index (χ1v) is 13.1. The Labute approximate surface area is 233 Å². The van der Waals surface area contributed by atoms with Crippen LogP contribution in [0.1, 0.15) is 56.7 Å². The molecule has 2 N–H and O–H groups in total. The first kappa shape index (κ1) is 28.4. The number of carbonyl (C=O) groups is 2. The fourth-order valence-corrected chi connectivity index (χ4v) is 4.63. The maximum Gasteiger partial charge on any atom is 0.417 e. The Balaban J connectivity index is 1.58. The van der Waals surface area contributed by atoms with Crippen molar-refractivity contribution < 1.29 is 22.8 Å². The maximum atomic E-state index is 13.2. The molecule has 1 aliphatic heterocycles. The Morgan fingerprint density at radius 2 is 1.74 bits per heavy atom. The topological polar surface area (TPSA) is 73.8 Å². The van der Waals surface area contributed by atoms with Crippen LogP contribution in [0, 0.1) is 0 Å². The second-order valence-corrected chi connectivity index (χ2v) is 9.68. The molecule has 0 saturated carbocycles. The number of nitrogens with one attached hydrogen (secondary N) is 2. The highest BCUT2D eigenvalue weighted by Crippen LogP contribution is 2.35. The predicted molar refractivity (Wildman–Crippen MR) is 148 cm³/mol. The molecule has 0 aliphatic carbocycles. The molecular formula is C28H25Cl2F3N4O2. The SMILES string of the molecule is O=C(Nc1ccc(N2CCCCC2)cc1C(=O)NN=Cc1ccc(Cl)c(C(F)(F)F)c1)c1cccc(CCl)c1. The number of halogens is 5. The van der Waals surface area contributed by atoms with Gasteiger partial charge in [-0.05, 0) is 72.9 Å². The number of hydrogen-bond acceptors (Lipinski definition) is 4. The molecule has 1 heterocycles. The molecular weight excluding hydrogens is 552 g/mol. The first-order chi connectivity index (χ1) is 18.7. The lowest BCUT2D eigenvalue weighted by Crippen LogP contribution is -2.30. The highest BCUT2D eigenvalue weighted by molar-refractivity contribution is 6.31. The van der Waals surface area contributed by atoms with Crippen LogP contribution in [0.15, 0.2) is 65.8 Å². The van der Waals surface area contributed by atoms with Crippen molar-refractivity contribution in [3.8, 4) is 0 Å². The molecule has 204 valence electrons. The normalized spacial score (nSPS) is 13.9. The Morgan fingerprint density at radius 1 is 0.974 bits per heavy atom. The zero-order valence-corrected chi connectivity index (χ0v) is 22.2. The van der Waals surface area contributed by atoms with Gasteiger partial charge in [-0.2, -0.15) is 18.3 Å². The van der Waals surface area contributed by atoms with Crippen molar-refractivity contribution in [1.29, 1.82) is 0 Å². The Kier molecular flexibility index (Phi) is 9.14. The van der Waals surface area contributed by atoms with Crippen LogP contribution >= 0.6 is 23.2 Å². The van der Waals surface area contributed by atoms with E-state index in [2.05, 4.69) is 20.7 Å². The van der Waals surface area contributed by atoms with Gasteiger partial charge in [-0.1, -0.05) is 29.8 Å². The van der Waals surface area contributed by atoms with E-state index in [1.807, 2.05) is 6.07 Å². The van der Waals surface area contributed by atoms with Gasteiger partial charge in [-0.25, -0.2) is 5.43 Å². The van der Waals surface area contributed by atoms with Crippen LogP contribution in [0.5, 0.6) is 0 Å². The van der Waals surface area contributed by atoms with E-state index in [0.29, 0.717) is 5.56 Å². The summed E-state index contributed by atoms with van der Waals surface area (Å²) in [6, 6.07) is 15.3. The summed E-state index contributed by atoms with van der Waals surface area (Å²) in [7, 11) is 0. The van der Waals surface area contributed by atoms with E-state index in [0.717, 1.165) is 62.0 Å². The number of carbonyl (C=O) groups excluding carboxylic acids is 2. The zero-order valence-electron chi connectivity index (χ0n) is 20.7. The van der Waals surface area contributed by atoms with Crippen LogP contribution in [-0.4, -0.2) is 31.1 Å². The number of nitrogens with zero attached hydrogens (tertiary/aromatic N) is 2. The summed E-state index contributed by atoms with van der Waals surface area (Å²) in [5.74, 6) is -0.818. The van der Waals surface area contributed by atoms with Crippen molar-refractivity contribution in [2.75, 3.05) is 23.3 Å². The summed E-state index contributed by atoms with van der Waals surface area (Å²) in [5.41, 5.74) is 3.83. The second kappa shape index (κ2) is 12.5. The Bertz CT molecular complexity index is 1390. The molecule has 3 aromatic rings. The van der Waals surface area contributed by atoms with Crippen LogP contribution < -0.4 is 15.6 Å². The average molecular weight is 577 g/mol. The molecule has 0 spiro atoms. The van der Waals surface area contributed by atoms with E-state index in [-0.39, 0.29) is 22.7 Å². The summed E-state index contributed by atoms with van der Waals surface area (Å²) < 4.78 is 39.5. The van der Waals surface area contributed by atoms with Crippen LogP contribution in [0.25, 0.3) is 0 Å². The Hall–Kier alpha value is -3.56. The number of hydrogen-bond donors (Lipinski definition) is 2. The molecule has 1 saturated heterocycles. The number of anilines is 2. The molecule has 0 bridgehead atoms. The van der Waals surface area contributed by atoms with Crippen LogP contribution in [-0.2, 0) is 12.1 Å². The standard InChI is InChI=1S/C28H25Cl2F3N4O2/c29-16-18-5-4-6-20(13-18)26(38)35-25-10-8-21(37-11-2-1-3-12-37)15-22(25)27(39)36-34-17-19-7-9-24(30)23(14-19)28(31,32)33/h4-10,13-15,17H,1-3,11-12,16H2,(H,35,38)(H,36,39). The first-order valence-electron chi connectivity index (χ1n) is 12.2. The van der Waals surface area contributed by atoms with E-state index in [9.17, 15) is 22.8 Å². The van der Waals surface area contributed by atoms with Crippen molar-refractivity contribution in [3.63, 3.8) is 0 Å². The van der Waals surface area contributed by atoms with Gasteiger partial charge in [0.2, 0.25) is 0 Å². The van der Waals surface area contributed by atoms with E-state index in [1.165, 1.54) is 6.07 Å². The van der Waals surface area contributed by atoms with Gasteiger partial charge in [-0.15, -0.1) is 11.6 Å². The van der Waals surface area contributed by atoms with Crippen molar-refractivity contribution in [3.05, 3.63) is 93.5 Å². The van der Waals surface area contributed by atoms with Gasteiger partial charge < -0.3 is 10.2 Å². The lowest BCUT2D eigenvalue weighted by atomic mass is 10.1. The number of alkyl halides is 4. The number of hydrazone groups is 1. The van der Waals surface area contributed by atoms with Crippen molar-refractivity contribution in [2.45, 2.75) is 31.3 Å². The molecule has 0 unspecified atom stereocenters. The number of amides is 2. The molecule has 3 aromatic carbocycles. The minimum atomic E-state index is -4.63. The predicted octanol–water partition coefficient (Wildman–Crippen LogP) is 7.10. The third kappa shape index (κ3) is 7.30. The highest BCUT2D eigenvalue weighted by atomic mass is 35.5. The van der Waals surface area contributed by atoms with Crippen molar-refractivity contribution >= 4 is 52.6 Å². The van der Waals surface area contributed by atoms with Gasteiger partial charge in [0, 0.05) is 30.2 Å². The monoisotopic (exact) mass is 576 g/mol. The summed E-state index contributed by atoms with van der Waals surface area (Å²) in [6.07, 6.45) is -0.345. The molecule has 0 radical (unpaired) electrons. The molecule has 0 atom stereocenters. The summed E-state index contributed by atoms with van der Waals surface area (Å²) in [4.78, 5) is 28.3. The number of rotatable bonds is 7. The quantitative estimate of drug-likeness (QED) is 0.179. The number of benzene rings is 3. The maximum absolute atomic E-state index is 13.2. The van der Waals surface area contributed by atoms with Crippen molar-refractivity contribution in [2.24, 2.45) is 5.10 Å². The van der Waals surface area contributed by atoms with Gasteiger partial charge in [0.15, 0.2) is 0 Å². The van der Waals surface area contributed by atoms with Crippen LogP contribution in [0.4, 0.5) is 24.5 Å². The van der Waals surface area contributed by atoms with Gasteiger partial charge in [0.25, 0.3) is 11.8 Å². The third-order valence-corrected chi connectivity index (χ3v) is 6.87. The van der Waals surface area contributed by atoms with Crippen molar-refractivity contribution in [1.82, 2.24) is 5.43 Å². The van der Waals surface area contributed by atoms with E-state index in [4.69, 9.17) is 23.2 Å². The highest BCUT2D eigenvalue weighted by Gasteiger charge is 2.33. The fraction of sp³-hybridized carbons (Fsp3) is 0.250. The average Bonchev–Trinajstić information content (AvgIpc) is 2.94. The molecule has 2 amide bonds. The van der Waals surface area contributed by atoms with Gasteiger partial charge >= 0.3 is 6.18 Å². The van der Waals surface area contributed by atoms with Crippen LogP contribution in [0.2, 0.25) is 5.02 Å². The van der Waals surface area contributed by atoms with E-state index < -0.39 is 28.6 Å². The largest absolute Gasteiger partial charge is 0.417 e. The molecule has 0 aromatic heterocycles. The molecule has 1 fully saturated rings. The lowest BCUT2D eigenvalue weighted by Gasteiger charge is -2.29. The molecule has 1 aliphatic rings. The second-order valence-electron chi connectivity index (χ2n) is 9.00. The minimum Gasteiger partial charge on any atom is -0.372 e. The minimum absolute atomic E-state index is 0.0989. The van der Waals surface area contributed by atoms with E-state index in [1.54, 1.807) is 36.4 Å². The number of piperidine rings is 1. The third-order valence-electron chi connectivity index (χ3n) is 6.24. The van der Waals surface area contributed by atoms with Gasteiger partial charge in [0.05, 0.1) is 28.1 Å². The summed E-state index contributed by atoms with van der Waals surface area (Å²) in [5, 5.41) is 6.18.